The lowest BCUT2D eigenvalue weighted by Gasteiger charge is -2.39. The summed E-state index contributed by atoms with van der Waals surface area (Å²) in [5.74, 6) is 0.358. The third-order valence-electron chi connectivity index (χ3n) is 4.42. The van der Waals surface area contributed by atoms with Crippen LogP contribution in [0.5, 0.6) is 0 Å². The van der Waals surface area contributed by atoms with E-state index < -0.39 is 0 Å². The largest absolute Gasteiger partial charge is 0.380 e. The van der Waals surface area contributed by atoms with Crippen molar-refractivity contribution in [2.24, 2.45) is 5.41 Å². The van der Waals surface area contributed by atoms with Crippen LogP contribution in [0.25, 0.3) is 0 Å². The summed E-state index contributed by atoms with van der Waals surface area (Å²) in [7, 11) is 1.74. The van der Waals surface area contributed by atoms with Crippen molar-refractivity contribution in [3.05, 3.63) is 0 Å². The summed E-state index contributed by atoms with van der Waals surface area (Å²) in [6, 6.07) is 0. The number of hydrogen-bond acceptors (Lipinski definition) is 3. The Morgan fingerprint density at radius 2 is 2.39 bits per heavy atom. The Balaban J connectivity index is 2.04. The fraction of sp³-hybridized carbons (Fsp3) is 0.929. The van der Waals surface area contributed by atoms with Gasteiger partial charge in [-0.15, -0.1) is 0 Å². The number of carbonyl (C=O) groups excluding carboxylic acids is 1. The van der Waals surface area contributed by atoms with Gasteiger partial charge in [-0.25, -0.2) is 0 Å². The van der Waals surface area contributed by atoms with Crippen LogP contribution in [0.3, 0.4) is 0 Å². The second kappa shape index (κ2) is 6.02. The van der Waals surface area contributed by atoms with Crippen molar-refractivity contribution in [1.82, 2.24) is 10.2 Å². The molecule has 0 saturated carbocycles. The third kappa shape index (κ3) is 2.69. The summed E-state index contributed by atoms with van der Waals surface area (Å²) >= 11 is 0. The van der Waals surface area contributed by atoms with Gasteiger partial charge in [0.1, 0.15) is 0 Å². The molecule has 4 heteroatoms. The van der Waals surface area contributed by atoms with E-state index >= 15 is 0 Å². The van der Waals surface area contributed by atoms with E-state index in [0.717, 1.165) is 58.3 Å². The first kappa shape index (κ1) is 13.8. The van der Waals surface area contributed by atoms with E-state index in [1.807, 2.05) is 4.90 Å². The maximum absolute atomic E-state index is 12.8. The molecule has 0 bridgehead atoms. The molecule has 0 aliphatic carbocycles. The quantitative estimate of drug-likeness (QED) is 0.824. The van der Waals surface area contributed by atoms with E-state index in [1.165, 1.54) is 0 Å². The van der Waals surface area contributed by atoms with Crippen molar-refractivity contribution in [1.29, 1.82) is 0 Å². The number of nitrogens with one attached hydrogen (secondary N) is 1. The molecule has 2 atom stereocenters. The highest BCUT2D eigenvalue weighted by Crippen LogP contribution is 2.35. The molecule has 0 aromatic rings. The molecule has 2 fully saturated rings. The first-order valence-electron chi connectivity index (χ1n) is 7.25. The van der Waals surface area contributed by atoms with Gasteiger partial charge in [0.25, 0.3) is 0 Å². The maximum Gasteiger partial charge on any atom is 0.230 e. The predicted octanol–water partition coefficient (Wildman–Crippen LogP) is 1.40. The minimum Gasteiger partial charge on any atom is -0.380 e. The van der Waals surface area contributed by atoms with Gasteiger partial charge in [0.15, 0.2) is 0 Å². The van der Waals surface area contributed by atoms with Gasteiger partial charge in [-0.3, -0.25) is 4.79 Å². The molecular formula is C14H26N2O2. The molecule has 104 valence electrons. The number of amides is 1. The molecule has 4 nitrogen and oxygen atoms in total. The third-order valence-corrected chi connectivity index (χ3v) is 4.42. The average Bonchev–Trinajstić information content (AvgIpc) is 2.88. The van der Waals surface area contributed by atoms with E-state index in [1.54, 1.807) is 7.11 Å². The lowest BCUT2D eigenvalue weighted by molar-refractivity contribution is -0.143. The molecule has 2 aliphatic rings. The molecular weight excluding hydrogens is 228 g/mol. The summed E-state index contributed by atoms with van der Waals surface area (Å²) in [5.41, 5.74) is -0.143. The Morgan fingerprint density at radius 3 is 2.94 bits per heavy atom. The molecule has 1 amide bonds. The molecule has 2 saturated heterocycles. The monoisotopic (exact) mass is 254 g/mol. The first-order valence-corrected chi connectivity index (χ1v) is 7.25. The number of carbonyl (C=O) groups is 1. The molecule has 1 N–H and O–H groups in total. The number of rotatable bonds is 4. The maximum atomic E-state index is 12.8. The molecule has 18 heavy (non-hydrogen) atoms. The van der Waals surface area contributed by atoms with Crippen LogP contribution >= 0.6 is 0 Å². The van der Waals surface area contributed by atoms with Crippen molar-refractivity contribution >= 4 is 5.91 Å². The molecule has 2 rings (SSSR count). The van der Waals surface area contributed by atoms with Gasteiger partial charge in [0.05, 0.1) is 11.5 Å². The highest BCUT2D eigenvalue weighted by Gasteiger charge is 2.42. The predicted molar refractivity (Wildman–Crippen MR) is 71.4 cm³/mol. The fourth-order valence-electron chi connectivity index (χ4n) is 3.39. The van der Waals surface area contributed by atoms with E-state index in [2.05, 4.69) is 12.2 Å². The SMILES string of the molecule is CCCC1(C(=O)N2CCC(OC)C2)CCCNC1. The van der Waals surface area contributed by atoms with Crippen LogP contribution in [0.1, 0.15) is 39.0 Å². The van der Waals surface area contributed by atoms with Crippen molar-refractivity contribution in [3.8, 4) is 0 Å². The van der Waals surface area contributed by atoms with Gasteiger partial charge >= 0.3 is 0 Å². The van der Waals surface area contributed by atoms with E-state index in [9.17, 15) is 4.79 Å². The zero-order valence-electron chi connectivity index (χ0n) is 11.7. The van der Waals surface area contributed by atoms with Crippen LogP contribution in [-0.2, 0) is 9.53 Å². The van der Waals surface area contributed by atoms with Gasteiger partial charge in [0, 0.05) is 26.7 Å². The Kier molecular flexibility index (Phi) is 4.62. The summed E-state index contributed by atoms with van der Waals surface area (Å²) in [5, 5.41) is 3.41. The first-order chi connectivity index (χ1) is 8.72. The molecule has 0 spiro atoms. The van der Waals surface area contributed by atoms with Crippen LogP contribution in [0.4, 0.5) is 0 Å². The second-order valence-electron chi connectivity index (χ2n) is 5.71. The molecule has 0 radical (unpaired) electrons. The highest BCUT2D eigenvalue weighted by atomic mass is 16.5. The molecule has 2 aliphatic heterocycles. The highest BCUT2D eigenvalue weighted by molar-refractivity contribution is 5.83. The van der Waals surface area contributed by atoms with Crippen LogP contribution in [0.15, 0.2) is 0 Å². The Morgan fingerprint density at radius 1 is 1.56 bits per heavy atom. The average molecular weight is 254 g/mol. The van der Waals surface area contributed by atoms with E-state index in [0.29, 0.717) is 5.91 Å². The van der Waals surface area contributed by atoms with Crippen molar-refractivity contribution < 1.29 is 9.53 Å². The molecule has 2 heterocycles. The zero-order chi connectivity index (χ0) is 13.0. The number of nitrogens with zero attached hydrogens (tertiary/aromatic N) is 1. The molecule has 0 aromatic carbocycles. The second-order valence-corrected chi connectivity index (χ2v) is 5.71. The van der Waals surface area contributed by atoms with Gasteiger partial charge in [0.2, 0.25) is 5.91 Å². The topological polar surface area (TPSA) is 41.6 Å². The van der Waals surface area contributed by atoms with Crippen LogP contribution < -0.4 is 5.32 Å². The number of methoxy groups -OCH3 is 1. The van der Waals surface area contributed by atoms with Crippen molar-refractivity contribution in [3.63, 3.8) is 0 Å². The summed E-state index contributed by atoms with van der Waals surface area (Å²) in [6.07, 6.45) is 5.47. The van der Waals surface area contributed by atoms with Crippen LogP contribution in [-0.4, -0.2) is 50.2 Å². The van der Waals surface area contributed by atoms with E-state index in [4.69, 9.17) is 4.74 Å². The molecule has 2 unspecified atom stereocenters. The van der Waals surface area contributed by atoms with Crippen LogP contribution in [0.2, 0.25) is 0 Å². The smallest absolute Gasteiger partial charge is 0.230 e. The standard InChI is InChI=1S/C14H26N2O2/c1-3-6-14(7-4-8-15-11-14)13(17)16-9-5-12(10-16)18-2/h12,15H,3-11H2,1-2H3. The lowest BCUT2D eigenvalue weighted by atomic mass is 9.76. The normalized spacial score (nSPS) is 32.8. The van der Waals surface area contributed by atoms with Gasteiger partial charge in [-0.05, 0) is 32.2 Å². The number of piperidine rings is 1. The summed E-state index contributed by atoms with van der Waals surface area (Å²) in [4.78, 5) is 14.8. The summed E-state index contributed by atoms with van der Waals surface area (Å²) in [6.45, 7) is 5.72. The van der Waals surface area contributed by atoms with Gasteiger partial charge < -0.3 is 15.0 Å². The number of hydrogen-bond donors (Lipinski definition) is 1. The minimum absolute atomic E-state index is 0.143. The number of ether oxygens (including phenoxy) is 1. The van der Waals surface area contributed by atoms with Crippen LogP contribution in [0, 0.1) is 5.41 Å². The Hall–Kier alpha value is -0.610. The summed E-state index contributed by atoms with van der Waals surface area (Å²) < 4.78 is 5.36. The zero-order valence-corrected chi connectivity index (χ0v) is 11.7. The van der Waals surface area contributed by atoms with E-state index in [-0.39, 0.29) is 11.5 Å². The fourth-order valence-corrected chi connectivity index (χ4v) is 3.39. The van der Waals surface area contributed by atoms with Crippen molar-refractivity contribution in [2.75, 3.05) is 33.3 Å². The van der Waals surface area contributed by atoms with Crippen molar-refractivity contribution in [2.45, 2.75) is 45.1 Å². The Labute approximate surface area is 110 Å². The molecule has 0 aromatic heterocycles. The lowest BCUT2D eigenvalue weighted by Crippen LogP contribution is -2.51. The van der Waals surface area contributed by atoms with Gasteiger partial charge in [-0.2, -0.15) is 0 Å². The van der Waals surface area contributed by atoms with Gasteiger partial charge in [-0.1, -0.05) is 13.3 Å². The number of likely N-dealkylation sites (tertiary alicyclic amines) is 1. The Bertz CT molecular complexity index is 282. The minimum atomic E-state index is -0.143.